The van der Waals surface area contributed by atoms with Gasteiger partial charge in [-0.2, -0.15) is 0 Å². The number of fused-ring (bicyclic) bond motifs is 1. The summed E-state index contributed by atoms with van der Waals surface area (Å²) < 4.78 is 5.28. The highest BCUT2D eigenvalue weighted by molar-refractivity contribution is 7.14. The van der Waals surface area contributed by atoms with Gasteiger partial charge in [0.05, 0.1) is 24.9 Å². The van der Waals surface area contributed by atoms with Crippen LogP contribution in [0.2, 0.25) is 0 Å². The van der Waals surface area contributed by atoms with Gasteiger partial charge in [-0.05, 0) is 29.8 Å². The molecular weight excluding hydrogens is 298 g/mol. The molecule has 0 aliphatic carbocycles. The fourth-order valence-corrected chi connectivity index (χ4v) is 3.17. The number of rotatable bonds is 4. The monoisotopic (exact) mass is 311 g/mol. The highest BCUT2D eigenvalue weighted by Crippen LogP contribution is 2.30. The zero-order valence-electron chi connectivity index (χ0n) is 11.6. The average molecular weight is 311 g/mol. The third kappa shape index (κ3) is 2.48. The van der Waals surface area contributed by atoms with Gasteiger partial charge in [-0.15, -0.1) is 11.3 Å². The number of anilines is 2. The number of nitrogens with one attached hydrogen (secondary N) is 2. The third-order valence-corrected chi connectivity index (χ3v) is 4.32. The molecule has 2 aromatic heterocycles. The minimum absolute atomic E-state index is 0.0474. The topological polar surface area (TPSA) is 67.2 Å². The first kappa shape index (κ1) is 13.1. The summed E-state index contributed by atoms with van der Waals surface area (Å²) in [4.78, 5) is 16.0. The van der Waals surface area contributed by atoms with Crippen LogP contribution in [0.5, 0.6) is 0 Å². The normalized spacial score (nSPS) is 13.0. The zero-order valence-corrected chi connectivity index (χ0v) is 12.4. The first-order valence-corrected chi connectivity index (χ1v) is 7.81. The molecule has 1 aromatic carbocycles. The molecule has 0 saturated heterocycles. The number of thiazole rings is 1. The van der Waals surface area contributed by atoms with Crippen LogP contribution in [0.3, 0.4) is 0 Å². The number of aromatic nitrogens is 1. The molecule has 4 rings (SSSR count). The molecule has 6 heteroatoms. The fourth-order valence-electron chi connectivity index (χ4n) is 2.45. The van der Waals surface area contributed by atoms with Gasteiger partial charge in [0, 0.05) is 16.6 Å². The van der Waals surface area contributed by atoms with Gasteiger partial charge in [0.1, 0.15) is 5.76 Å². The van der Waals surface area contributed by atoms with E-state index < -0.39 is 0 Å². The quantitative estimate of drug-likeness (QED) is 0.774. The second-order valence-electron chi connectivity index (χ2n) is 5.07. The van der Waals surface area contributed by atoms with Crippen LogP contribution < -0.4 is 10.6 Å². The number of carbonyl (C=O) groups is 1. The van der Waals surface area contributed by atoms with Crippen LogP contribution in [0.1, 0.15) is 11.3 Å². The van der Waals surface area contributed by atoms with E-state index in [4.69, 9.17) is 4.42 Å². The number of amides is 1. The van der Waals surface area contributed by atoms with Gasteiger partial charge in [-0.25, -0.2) is 4.98 Å². The Kier molecular flexibility index (Phi) is 3.16. The van der Waals surface area contributed by atoms with E-state index in [1.54, 1.807) is 17.6 Å². The summed E-state index contributed by atoms with van der Waals surface area (Å²) in [5.74, 6) is 0.921. The first-order valence-electron chi connectivity index (χ1n) is 6.93. The summed E-state index contributed by atoms with van der Waals surface area (Å²) in [7, 11) is 0. The second-order valence-corrected chi connectivity index (χ2v) is 5.93. The Morgan fingerprint density at radius 1 is 1.36 bits per heavy atom. The van der Waals surface area contributed by atoms with E-state index in [0.29, 0.717) is 13.0 Å². The molecule has 1 aliphatic heterocycles. The van der Waals surface area contributed by atoms with Gasteiger partial charge >= 0.3 is 0 Å². The molecule has 1 aliphatic rings. The molecule has 0 radical (unpaired) electrons. The molecule has 0 unspecified atom stereocenters. The molecule has 0 spiro atoms. The standard InChI is InChI=1S/C16H13N3O2S/c20-15-7-11-6-10(3-4-13(11)18-15)14-9-22-16(19-14)17-8-12-2-1-5-21-12/h1-6,9H,7-8H2,(H,17,19)(H,18,20). The lowest BCUT2D eigenvalue weighted by molar-refractivity contribution is -0.115. The minimum Gasteiger partial charge on any atom is -0.467 e. The van der Waals surface area contributed by atoms with E-state index in [-0.39, 0.29) is 5.91 Å². The van der Waals surface area contributed by atoms with Crippen LogP contribution in [-0.2, 0) is 17.8 Å². The van der Waals surface area contributed by atoms with Crippen molar-refractivity contribution in [2.75, 3.05) is 10.6 Å². The van der Waals surface area contributed by atoms with Crippen molar-refractivity contribution in [3.63, 3.8) is 0 Å². The molecule has 0 fully saturated rings. The molecular formula is C16H13N3O2S. The van der Waals surface area contributed by atoms with E-state index in [0.717, 1.165) is 33.4 Å². The van der Waals surface area contributed by atoms with Gasteiger partial charge in [0.2, 0.25) is 5.91 Å². The maximum Gasteiger partial charge on any atom is 0.228 e. The Labute approximate surface area is 131 Å². The summed E-state index contributed by atoms with van der Waals surface area (Å²) in [5.41, 5.74) is 3.87. The Hall–Kier alpha value is -2.60. The first-order chi connectivity index (χ1) is 10.8. The summed E-state index contributed by atoms with van der Waals surface area (Å²) in [6.45, 7) is 0.614. The van der Waals surface area contributed by atoms with Gasteiger partial charge < -0.3 is 15.1 Å². The summed E-state index contributed by atoms with van der Waals surface area (Å²) >= 11 is 1.55. The van der Waals surface area contributed by atoms with Crippen LogP contribution in [0.4, 0.5) is 10.8 Å². The average Bonchev–Trinajstić information content (AvgIpc) is 3.24. The van der Waals surface area contributed by atoms with Gasteiger partial charge in [0.25, 0.3) is 0 Å². The molecule has 110 valence electrons. The van der Waals surface area contributed by atoms with Gasteiger partial charge in [-0.1, -0.05) is 6.07 Å². The SMILES string of the molecule is O=C1Cc2cc(-c3csc(NCc4ccco4)n3)ccc2N1. The Morgan fingerprint density at radius 2 is 2.32 bits per heavy atom. The lowest BCUT2D eigenvalue weighted by atomic mass is 10.1. The predicted molar refractivity (Wildman–Crippen MR) is 85.9 cm³/mol. The molecule has 1 amide bonds. The number of furan rings is 1. The smallest absolute Gasteiger partial charge is 0.228 e. The van der Waals surface area contributed by atoms with Crippen LogP contribution >= 0.6 is 11.3 Å². The van der Waals surface area contributed by atoms with E-state index in [2.05, 4.69) is 15.6 Å². The van der Waals surface area contributed by atoms with Crippen molar-refractivity contribution >= 4 is 28.1 Å². The largest absolute Gasteiger partial charge is 0.467 e. The zero-order chi connectivity index (χ0) is 14.9. The van der Waals surface area contributed by atoms with Crippen molar-refractivity contribution in [2.24, 2.45) is 0 Å². The molecule has 5 nitrogen and oxygen atoms in total. The Morgan fingerprint density at radius 3 is 3.18 bits per heavy atom. The number of carbonyl (C=O) groups excluding carboxylic acids is 1. The molecule has 0 bridgehead atoms. The number of hydrogen-bond donors (Lipinski definition) is 2. The van der Waals surface area contributed by atoms with Gasteiger partial charge in [0.15, 0.2) is 5.13 Å². The maximum atomic E-state index is 11.4. The molecule has 0 saturated carbocycles. The molecule has 3 aromatic rings. The fraction of sp³-hybridized carbons (Fsp3) is 0.125. The third-order valence-electron chi connectivity index (χ3n) is 3.52. The van der Waals surface area contributed by atoms with Crippen molar-refractivity contribution in [3.05, 3.63) is 53.3 Å². The van der Waals surface area contributed by atoms with E-state index >= 15 is 0 Å². The number of nitrogens with zero attached hydrogens (tertiary/aromatic N) is 1. The second kappa shape index (κ2) is 5.31. The highest BCUT2D eigenvalue weighted by Gasteiger charge is 2.18. The van der Waals surface area contributed by atoms with Crippen molar-refractivity contribution < 1.29 is 9.21 Å². The Bertz CT molecular complexity index is 824. The van der Waals surface area contributed by atoms with E-state index in [1.165, 1.54) is 0 Å². The van der Waals surface area contributed by atoms with E-state index in [9.17, 15) is 4.79 Å². The van der Waals surface area contributed by atoms with Crippen molar-refractivity contribution in [3.8, 4) is 11.3 Å². The lowest BCUT2D eigenvalue weighted by Crippen LogP contribution is -2.03. The van der Waals surface area contributed by atoms with Gasteiger partial charge in [-0.3, -0.25) is 4.79 Å². The summed E-state index contributed by atoms with van der Waals surface area (Å²) in [6.07, 6.45) is 2.10. The minimum atomic E-state index is 0.0474. The summed E-state index contributed by atoms with van der Waals surface area (Å²) in [5, 5.41) is 8.94. The van der Waals surface area contributed by atoms with Crippen LogP contribution in [0.25, 0.3) is 11.3 Å². The Balaban J connectivity index is 1.52. The molecule has 22 heavy (non-hydrogen) atoms. The van der Waals surface area contributed by atoms with Crippen LogP contribution in [-0.4, -0.2) is 10.9 Å². The van der Waals surface area contributed by atoms with Crippen molar-refractivity contribution in [1.82, 2.24) is 4.98 Å². The molecule has 0 atom stereocenters. The van der Waals surface area contributed by atoms with E-state index in [1.807, 2.05) is 35.7 Å². The predicted octanol–water partition coefficient (Wildman–Crippen LogP) is 3.51. The van der Waals surface area contributed by atoms with Crippen molar-refractivity contribution in [2.45, 2.75) is 13.0 Å². The van der Waals surface area contributed by atoms with Crippen molar-refractivity contribution in [1.29, 1.82) is 0 Å². The van der Waals surface area contributed by atoms with Crippen LogP contribution in [0.15, 0.2) is 46.4 Å². The highest BCUT2D eigenvalue weighted by atomic mass is 32.1. The lowest BCUT2D eigenvalue weighted by Gasteiger charge is -2.02. The maximum absolute atomic E-state index is 11.4. The summed E-state index contributed by atoms with van der Waals surface area (Å²) in [6, 6.07) is 9.73. The molecule has 3 heterocycles. The number of hydrogen-bond acceptors (Lipinski definition) is 5. The number of benzene rings is 1. The van der Waals surface area contributed by atoms with Crippen LogP contribution in [0, 0.1) is 0 Å². The molecule has 2 N–H and O–H groups in total.